The van der Waals surface area contributed by atoms with Gasteiger partial charge in [0, 0.05) is 36.7 Å². The summed E-state index contributed by atoms with van der Waals surface area (Å²) in [7, 11) is 0. The van der Waals surface area contributed by atoms with E-state index in [0.717, 1.165) is 47.4 Å². The van der Waals surface area contributed by atoms with Crippen molar-refractivity contribution in [1.82, 2.24) is 5.32 Å². The van der Waals surface area contributed by atoms with E-state index in [9.17, 15) is 4.79 Å². The van der Waals surface area contributed by atoms with Crippen molar-refractivity contribution in [3.63, 3.8) is 0 Å². The van der Waals surface area contributed by atoms with Gasteiger partial charge in [-0.2, -0.15) is 0 Å². The maximum absolute atomic E-state index is 10.8. The van der Waals surface area contributed by atoms with Crippen molar-refractivity contribution in [2.75, 3.05) is 25.0 Å². The molecule has 0 saturated carbocycles. The number of nitrogens with one attached hydrogen (secondary N) is 2. The molecule has 1 fully saturated rings. The third-order valence-electron chi connectivity index (χ3n) is 4.60. The zero-order chi connectivity index (χ0) is 15.4. The summed E-state index contributed by atoms with van der Waals surface area (Å²) in [4.78, 5) is 10.8. The van der Waals surface area contributed by atoms with Crippen LogP contribution < -0.4 is 15.4 Å². The molecule has 4 nitrogen and oxygen atoms in total. The molecule has 2 N–H and O–H groups in total. The minimum atomic E-state index is 0.307. The molecule has 0 aliphatic carbocycles. The first-order chi connectivity index (χ1) is 10.8. The number of carbonyl (C=O) groups is 1. The van der Waals surface area contributed by atoms with Crippen LogP contribution in [0.4, 0.5) is 5.69 Å². The van der Waals surface area contributed by atoms with Gasteiger partial charge in [-0.3, -0.25) is 0 Å². The second-order valence-corrected chi connectivity index (χ2v) is 7.30. The molecular weight excluding hydrogens is 391 g/mol. The topological polar surface area (TPSA) is 50.4 Å². The third kappa shape index (κ3) is 3.74. The van der Waals surface area contributed by atoms with Crippen molar-refractivity contribution in [2.24, 2.45) is 0 Å². The summed E-state index contributed by atoms with van der Waals surface area (Å²) in [6.45, 7) is 2.74. The van der Waals surface area contributed by atoms with Gasteiger partial charge < -0.3 is 20.2 Å². The number of benzene rings is 1. The summed E-state index contributed by atoms with van der Waals surface area (Å²) in [5.41, 5.74) is 2.37. The summed E-state index contributed by atoms with van der Waals surface area (Å²) < 4.78 is 7.13. The van der Waals surface area contributed by atoms with Crippen LogP contribution in [0.25, 0.3) is 0 Å². The van der Waals surface area contributed by atoms with Crippen molar-refractivity contribution >= 4 is 34.6 Å². The highest BCUT2D eigenvalue weighted by molar-refractivity contribution is 14.1. The van der Waals surface area contributed by atoms with E-state index in [1.165, 1.54) is 24.8 Å². The number of halogens is 1. The SMILES string of the molecule is O=CCC1CNc2cc(OCCC3CCCCN3)c(I)cc21. The number of hydrogen-bond donors (Lipinski definition) is 2. The minimum absolute atomic E-state index is 0.307. The number of anilines is 1. The molecule has 2 atom stereocenters. The Labute approximate surface area is 145 Å². The summed E-state index contributed by atoms with van der Waals surface area (Å²) in [5.74, 6) is 1.26. The predicted octanol–water partition coefficient (Wildman–Crippen LogP) is 3.30. The van der Waals surface area contributed by atoms with E-state index in [4.69, 9.17) is 4.74 Å². The average Bonchev–Trinajstić information content (AvgIpc) is 2.91. The molecule has 2 aliphatic rings. The van der Waals surface area contributed by atoms with Gasteiger partial charge in [-0.1, -0.05) is 6.42 Å². The zero-order valence-corrected chi connectivity index (χ0v) is 14.9. The van der Waals surface area contributed by atoms with Gasteiger partial charge >= 0.3 is 0 Å². The molecule has 0 aromatic heterocycles. The molecule has 5 heteroatoms. The van der Waals surface area contributed by atoms with Gasteiger partial charge in [0.1, 0.15) is 12.0 Å². The molecule has 0 spiro atoms. The van der Waals surface area contributed by atoms with E-state index in [0.29, 0.717) is 18.4 Å². The Kier molecular flexibility index (Phi) is 5.57. The van der Waals surface area contributed by atoms with Crippen molar-refractivity contribution in [3.05, 3.63) is 21.3 Å². The summed E-state index contributed by atoms with van der Waals surface area (Å²) >= 11 is 2.33. The minimum Gasteiger partial charge on any atom is -0.492 e. The van der Waals surface area contributed by atoms with Crippen molar-refractivity contribution < 1.29 is 9.53 Å². The lowest BCUT2D eigenvalue weighted by Gasteiger charge is -2.23. The molecule has 2 aliphatic heterocycles. The fourth-order valence-electron chi connectivity index (χ4n) is 3.32. The molecule has 1 aromatic rings. The van der Waals surface area contributed by atoms with Crippen LogP contribution >= 0.6 is 22.6 Å². The molecule has 22 heavy (non-hydrogen) atoms. The normalized spacial score (nSPS) is 23.7. The van der Waals surface area contributed by atoms with Crippen molar-refractivity contribution in [3.8, 4) is 5.75 Å². The summed E-state index contributed by atoms with van der Waals surface area (Å²) in [6.07, 6.45) is 6.55. The van der Waals surface area contributed by atoms with Crippen LogP contribution in [0.3, 0.4) is 0 Å². The molecule has 3 rings (SSSR count). The molecule has 1 aromatic carbocycles. The first-order valence-corrected chi connectivity index (χ1v) is 9.23. The Balaban J connectivity index is 1.59. The lowest BCUT2D eigenvalue weighted by atomic mass is 9.98. The fourth-order valence-corrected chi connectivity index (χ4v) is 3.97. The Bertz CT molecular complexity index is 530. The fraction of sp³-hybridized carbons (Fsp3) is 0.588. The van der Waals surface area contributed by atoms with Crippen LogP contribution in [-0.2, 0) is 4.79 Å². The first kappa shape index (κ1) is 16.1. The number of rotatable bonds is 6. The highest BCUT2D eigenvalue weighted by Gasteiger charge is 2.23. The zero-order valence-electron chi connectivity index (χ0n) is 12.7. The molecule has 0 bridgehead atoms. The molecule has 0 amide bonds. The first-order valence-electron chi connectivity index (χ1n) is 8.15. The van der Waals surface area contributed by atoms with Gasteiger partial charge in [0.15, 0.2) is 0 Å². The number of aldehydes is 1. The predicted molar refractivity (Wildman–Crippen MR) is 96.8 cm³/mol. The Morgan fingerprint density at radius 1 is 1.36 bits per heavy atom. The molecule has 0 radical (unpaired) electrons. The third-order valence-corrected chi connectivity index (χ3v) is 5.44. The van der Waals surface area contributed by atoms with Gasteiger partial charge in [-0.15, -0.1) is 0 Å². The number of piperidine rings is 1. The standard InChI is InChI=1S/C17H23IN2O2/c18-15-9-14-12(4-7-21)11-20-16(14)10-17(15)22-8-5-13-3-1-2-6-19-13/h7,9-10,12-13,19-20H,1-6,8,11H2. The Morgan fingerprint density at radius 2 is 2.27 bits per heavy atom. The van der Waals surface area contributed by atoms with E-state index < -0.39 is 0 Å². The molecule has 1 saturated heterocycles. The van der Waals surface area contributed by atoms with Crippen LogP contribution in [0.1, 0.15) is 43.6 Å². The second kappa shape index (κ2) is 7.64. The van der Waals surface area contributed by atoms with Crippen molar-refractivity contribution in [2.45, 2.75) is 44.1 Å². The quantitative estimate of drug-likeness (QED) is 0.554. The Morgan fingerprint density at radius 3 is 3.05 bits per heavy atom. The highest BCUT2D eigenvalue weighted by atomic mass is 127. The van der Waals surface area contributed by atoms with Crippen LogP contribution in [-0.4, -0.2) is 32.0 Å². The van der Waals surface area contributed by atoms with Crippen LogP contribution in [0.2, 0.25) is 0 Å². The van der Waals surface area contributed by atoms with Crippen LogP contribution in [0, 0.1) is 3.57 Å². The maximum atomic E-state index is 10.8. The maximum Gasteiger partial charge on any atom is 0.134 e. The van der Waals surface area contributed by atoms with E-state index >= 15 is 0 Å². The largest absolute Gasteiger partial charge is 0.492 e. The molecule has 2 unspecified atom stereocenters. The van der Waals surface area contributed by atoms with Crippen molar-refractivity contribution in [1.29, 1.82) is 0 Å². The smallest absolute Gasteiger partial charge is 0.134 e. The number of fused-ring (bicyclic) bond motifs is 1. The number of hydrogen-bond acceptors (Lipinski definition) is 4. The van der Waals surface area contributed by atoms with Gasteiger partial charge in [0.25, 0.3) is 0 Å². The lowest BCUT2D eigenvalue weighted by molar-refractivity contribution is -0.108. The molecule has 2 heterocycles. The number of carbonyl (C=O) groups excluding carboxylic acids is 1. The van der Waals surface area contributed by atoms with Crippen LogP contribution in [0.15, 0.2) is 12.1 Å². The van der Waals surface area contributed by atoms with Gasteiger partial charge in [-0.05, 0) is 60.0 Å². The van der Waals surface area contributed by atoms with E-state index in [1.54, 1.807) is 0 Å². The van der Waals surface area contributed by atoms with E-state index in [-0.39, 0.29) is 0 Å². The number of ether oxygens (including phenoxy) is 1. The van der Waals surface area contributed by atoms with Gasteiger partial charge in [0.2, 0.25) is 0 Å². The average molecular weight is 414 g/mol. The van der Waals surface area contributed by atoms with Gasteiger partial charge in [0.05, 0.1) is 10.2 Å². The molecular formula is C17H23IN2O2. The van der Waals surface area contributed by atoms with E-state index in [1.807, 2.05) is 0 Å². The van der Waals surface area contributed by atoms with Gasteiger partial charge in [-0.25, -0.2) is 0 Å². The monoisotopic (exact) mass is 414 g/mol. The molecule has 120 valence electrons. The van der Waals surface area contributed by atoms with Crippen LogP contribution in [0.5, 0.6) is 5.75 Å². The Hall–Kier alpha value is -0.820. The second-order valence-electron chi connectivity index (χ2n) is 6.13. The summed E-state index contributed by atoms with van der Waals surface area (Å²) in [5, 5.41) is 6.94. The highest BCUT2D eigenvalue weighted by Crippen LogP contribution is 2.38. The lowest BCUT2D eigenvalue weighted by Crippen LogP contribution is -2.35. The summed E-state index contributed by atoms with van der Waals surface area (Å²) in [6, 6.07) is 4.87. The van der Waals surface area contributed by atoms with E-state index in [2.05, 4.69) is 45.4 Å².